The van der Waals surface area contributed by atoms with Gasteiger partial charge in [-0.3, -0.25) is 4.40 Å². The molecule has 0 spiro atoms. The van der Waals surface area contributed by atoms with Crippen LogP contribution in [0.4, 0.5) is 24.7 Å². The topological polar surface area (TPSA) is 67.6 Å². The number of pyridine rings is 1. The Bertz CT molecular complexity index is 1270. The fraction of sp³-hybridized carbons (Fsp3) is 0.318. The second-order valence-corrected chi connectivity index (χ2v) is 7.67. The van der Waals surface area contributed by atoms with Gasteiger partial charge in [-0.2, -0.15) is 18.2 Å². The zero-order valence-corrected chi connectivity index (χ0v) is 17.3. The first kappa shape index (κ1) is 20.5. The Morgan fingerprint density at radius 1 is 1.09 bits per heavy atom. The Kier molecular flexibility index (Phi) is 5.09. The van der Waals surface area contributed by atoms with Crippen molar-refractivity contribution in [3.8, 4) is 0 Å². The molecule has 0 unspecified atom stereocenters. The molecule has 5 rings (SSSR count). The molecule has 0 radical (unpaired) electrons. The van der Waals surface area contributed by atoms with E-state index in [2.05, 4.69) is 31.2 Å². The number of alkyl halides is 3. The Labute approximate surface area is 181 Å². The lowest BCUT2D eigenvalue weighted by atomic mass is 10.1. The highest BCUT2D eigenvalue weighted by Gasteiger charge is 2.32. The highest BCUT2D eigenvalue weighted by molar-refractivity contribution is 5.93. The summed E-state index contributed by atoms with van der Waals surface area (Å²) in [4.78, 5) is 15.0. The maximum absolute atomic E-state index is 13.1. The zero-order chi connectivity index (χ0) is 22.3. The van der Waals surface area contributed by atoms with E-state index in [4.69, 9.17) is 4.74 Å². The molecule has 166 valence electrons. The number of morpholine rings is 1. The first-order valence-electron chi connectivity index (χ1n) is 10.3. The number of aromatic nitrogens is 4. The molecule has 4 aromatic rings. The summed E-state index contributed by atoms with van der Waals surface area (Å²) in [6.45, 7) is 4.68. The van der Waals surface area contributed by atoms with Crippen LogP contribution in [-0.2, 0) is 10.9 Å². The fourth-order valence-electron chi connectivity index (χ4n) is 3.91. The van der Waals surface area contributed by atoms with Crippen LogP contribution in [0.3, 0.4) is 0 Å². The molecular formula is C22H21F3N6O. The molecule has 7 nitrogen and oxygen atoms in total. The molecule has 1 atom stereocenters. The molecule has 1 aromatic carbocycles. The van der Waals surface area contributed by atoms with E-state index in [1.807, 2.05) is 22.7 Å². The van der Waals surface area contributed by atoms with Crippen molar-refractivity contribution in [1.82, 2.24) is 19.4 Å². The van der Waals surface area contributed by atoms with E-state index >= 15 is 0 Å². The molecule has 0 aliphatic carbocycles. The standard InChI is InChI=1S/C22H21F3N6O/c1-14(17-3-2-4-19(28-17)22(23,24)25)27-20-16-13-15(30-9-11-32-12-10-30)5-6-18(16)31-8-7-26-21(31)29-20/h2-8,13-14H,9-12H2,1H3,(H,26,27,29)/t14-/m1/s1. The van der Waals surface area contributed by atoms with E-state index < -0.39 is 17.9 Å². The number of nitrogens with one attached hydrogen (secondary N) is 1. The van der Waals surface area contributed by atoms with Crippen molar-refractivity contribution in [1.29, 1.82) is 0 Å². The first-order chi connectivity index (χ1) is 15.4. The van der Waals surface area contributed by atoms with Crippen LogP contribution in [0.15, 0.2) is 48.8 Å². The number of rotatable bonds is 4. The van der Waals surface area contributed by atoms with Gasteiger partial charge in [-0.15, -0.1) is 0 Å². The number of benzene rings is 1. The van der Waals surface area contributed by atoms with E-state index in [0.717, 1.165) is 35.7 Å². The number of imidazole rings is 1. The molecule has 1 saturated heterocycles. The van der Waals surface area contributed by atoms with E-state index in [0.29, 0.717) is 24.8 Å². The van der Waals surface area contributed by atoms with Gasteiger partial charge >= 0.3 is 6.18 Å². The minimum atomic E-state index is -4.50. The van der Waals surface area contributed by atoms with Crippen LogP contribution in [0.1, 0.15) is 24.4 Å². The summed E-state index contributed by atoms with van der Waals surface area (Å²) < 4.78 is 46.7. The summed E-state index contributed by atoms with van der Waals surface area (Å²) in [7, 11) is 0. The average Bonchev–Trinajstić information content (AvgIpc) is 3.27. The summed E-state index contributed by atoms with van der Waals surface area (Å²) in [5, 5.41) is 4.10. The van der Waals surface area contributed by atoms with Crippen molar-refractivity contribution in [2.75, 3.05) is 36.5 Å². The number of anilines is 2. The molecule has 0 bridgehead atoms. The van der Waals surface area contributed by atoms with Gasteiger partial charge in [0.25, 0.3) is 0 Å². The van der Waals surface area contributed by atoms with Crippen LogP contribution >= 0.6 is 0 Å². The van der Waals surface area contributed by atoms with Gasteiger partial charge in [0.1, 0.15) is 11.5 Å². The fourth-order valence-corrected chi connectivity index (χ4v) is 3.91. The van der Waals surface area contributed by atoms with Crippen molar-refractivity contribution in [2.24, 2.45) is 0 Å². The predicted molar refractivity (Wildman–Crippen MR) is 115 cm³/mol. The number of hydrogen-bond donors (Lipinski definition) is 1. The lowest BCUT2D eigenvalue weighted by Crippen LogP contribution is -2.36. The van der Waals surface area contributed by atoms with Gasteiger partial charge < -0.3 is 15.0 Å². The Morgan fingerprint density at radius 3 is 2.69 bits per heavy atom. The SMILES string of the molecule is C[C@@H](Nc1nc2nccn2c2ccc(N3CCOCC3)cc12)c1cccc(C(F)(F)F)n1. The van der Waals surface area contributed by atoms with Crippen LogP contribution in [0.25, 0.3) is 16.7 Å². The largest absolute Gasteiger partial charge is 0.433 e. The molecule has 0 amide bonds. The maximum atomic E-state index is 13.1. The summed E-state index contributed by atoms with van der Waals surface area (Å²) in [5.74, 6) is 1.05. The Hall–Kier alpha value is -3.40. The number of ether oxygens (including phenoxy) is 1. The van der Waals surface area contributed by atoms with Crippen molar-refractivity contribution in [3.05, 3.63) is 60.2 Å². The van der Waals surface area contributed by atoms with E-state index in [1.54, 1.807) is 19.2 Å². The third-order valence-electron chi connectivity index (χ3n) is 5.56. The summed E-state index contributed by atoms with van der Waals surface area (Å²) in [6.07, 6.45) is -0.998. The number of hydrogen-bond acceptors (Lipinski definition) is 6. The van der Waals surface area contributed by atoms with E-state index in [1.165, 1.54) is 6.07 Å². The van der Waals surface area contributed by atoms with Gasteiger partial charge in [0.2, 0.25) is 5.78 Å². The Balaban J connectivity index is 1.55. The van der Waals surface area contributed by atoms with Crippen molar-refractivity contribution in [2.45, 2.75) is 19.1 Å². The van der Waals surface area contributed by atoms with Gasteiger partial charge in [-0.05, 0) is 37.3 Å². The quantitative estimate of drug-likeness (QED) is 0.508. The molecule has 1 N–H and O–H groups in total. The van der Waals surface area contributed by atoms with Gasteiger partial charge in [0, 0.05) is 36.6 Å². The highest BCUT2D eigenvalue weighted by Crippen LogP contribution is 2.32. The zero-order valence-electron chi connectivity index (χ0n) is 17.3. The minimum Gasteiger partial charge on any atom is -0.378 e. The molecule has 1 fully saturated rings. The molecule has 32 heavy (non-hydrogen) atoms. The molecule has 1 aliphatic heterocycles. The molecular weight excluding hydrogens is 421 g/mol. The van der Waals surface area contributed by atoms with Crippen molar-refractivity contribution >= 4 is 28.2 Å². The molecule has 0 saturated carbocycles. The van der Waals surface area contributed by atoms with Crippen LogP contribution in [-0.4, -0.2) is 45.7 Å². The minimum absolute atomic E-state index is 0.280. The third-order valence-corrected chi connectivity index (χ3v) is 5.56. The predicted octanol–water partition coefficient (Wildman–Crippen LogP) is 4.31. The van der Waals surface area contributed by atoms with Crippen LogP contribution in [0.2, 0.25) is 0 Å². The first-order valence-corrected chi connectivity index (χ1v) is 10.3. The monoisotopic (exact) mass is 442 g/mol. The Morgan fingerprint density at radius 2 is 1.91 bits per heavy atom. The second-order valence-electron chi connectivity index (χ2n) is 7.67. The van der Waals surface area contributed by atoms with Crippen molar-refractivity contribution < 1.29 is 17.9 Å². The molecule has 3 aromatic heterocycles. The van der Waals surface area contributed by atoms with E-state index in [9.17, 15) is 13.2 Å². The van der Waals surface area contributed by atoms with E-state index in [-0.39, 0.29) is 5.69 Å². The summed E-state index contributed by atoms with van der Waals surface area (Å²) in [6, 6.07) is 9.50. The number of nitrogens with zero attached hydrogens (tertiary/aromatic N) is 5. The summed E-state index contributed by atoms with van der Waals surface area (Å²) >= 11 is 0. The summed E-state index contributed by atoms with van der Waals surface area (Å²) in [5.41, 5.74) is 1.30. The molecule has 4 heterocycles. The normalized spacial score (nSPS) is 15.9. The van der Waals surface area contributed by atoms with Crippen LogP contribution in [0, 0.1) is 0 Å². The van der Waals surface area contributed by atoms with Gasteiger partial charge in [0.05, 0.1) is 30.5 Å². The van der Waals surface area contributed by atoms with Crippen LogP contribution < -0.4 is 10.2 Å². The highest BCUT2D eigenvalue weighted by atomic mass is 19.4. The smallest absolute Gasteiger partial charge is 0.378 e. The average molecular weight is 442 g/mol. The van der Waals surface area contributed by atoms with Crippen LogP contribution in [0.5, 0.6) is 0 Å². The maximum Gasteiger partial charge on any atom is 0.433 e. The number of halogens is 3. The van der Waals surface area contributed by atoms with Crippen molar-refractivity contribution in [3.63, 3.8) is 0 Å². The van der Waals surface area contributed by atoms with Gasteiger partial charge in [-0.1, -0.05) is 6.07 Å². The van der Waals surface area contributed by atoms with Gasteiger partial charge in [-0.25, -0.2) is 9.97 Å². The third kappa shape index (κ3) is 3.81. The second kappa shape index (κ2) is 7.94. The lowest BCUT2D eigenvalue weighted by Gasteiger charge is -2.29. The number of fused-ring (bicyclic) bond motifs is 3. The van der Waals surface area contributed by atoms with Gasteiger partial charge in [0.15, 0.2) is 0 Å². The molecule has 10 heteroatoms. The lowest BCUT2D eigenvalue weighted by molar-refractivity contribution is -0.141. The molecule has 1 aliphatic rings.